The fourth-order valence-electron chi connectivity index (χ4n) is 4.25. The summed E-state index contributed by atoms with van der Waals surface area (Å²) in [5.74, 6) is 1.64. The molecule has 0 saturated heterocycles. The van der Waals surface area contributed by atoms with Crippen molar-refractivity contribution < 1.29 is 14.0 Å². The van der Waals surface area contributed by atoms with Crippen molar-refractivity contribution in [2.75, 3.05) is 0 Å². The molecule has 0 atom stereocenters. The molecule has 1 aromatic carbocycles. The molecule has 0 unspecified atom stereocenters. The van der Waals surface area contributed by atoms with E-state index in [9.17, 15) is 4.79 Å². The van der Waals surface area contributed by atoms with Crippen LogP contribution in [0.25, 0.3) is 0 Å². The van der Waals surface area contributed by atoms with Gasteiger partial charge >= 0.3 is 0 Å². The van der Waals surface area contributed by atoms with Crippen LogP contribution in [0.1, 0.15) is 72.2 Å². The van der Waals surface area contributed by atoms with Gasteiger partial charge in [0.1, 0.15) is 17.1 Å². The lowest BCUT2D eigenvalue weighted by Crippen LogP contribution is -2.50. The number of carbonyl (C=O) groups excluding carboxylic acids is 1. The zero-order chi connectivity index (χ0) is 18.3. The second-order valence-corrected chi connectivity index (χ2v) is 13.9. The largest absolute Gasteiger partial charge is 0.543 e. The molecule has 0 aromatic heterocycles. The molecule has 1 aliphatic heterocycles. The van der Waals surface area contributed by atoms with Gasteiger partial charge in [-0.1, -0.05) is 41.5 Å². The van der Waals surface area contributed by atoms with E-state index in [4.69, 9.17) is 9.16 Å². The van der Waals surface area contributed by atoms with Gasteiger partial charge in [-0.3, -0.25) is 4.79 Å². The predicted molar refractivity (Wildman–Crippen MR) is 102 cm³/mol. The van der Waals surface area contributed by atoms with Crippen LogP contribution in [0.15, 0.2) is 18.2 Å². The van der Waals surface area contributed by atoms with Crippen LogP contribution >= 0.6 is 0 Å². The quantitative estimate of drug-likeness (QED) is 0.614. The van der Waals surface area contributed by atoms with Crippen LogP contribution < -0.4 is 9.16 Å². The topological polar surface area (TPSA) is 35.5 Å². The number of ketones is 1. The molecule has 1 aromatic rings. The van der Waals surface area contributed by atoms with Crippen LogP contribution in [0.4, 0.5) is 0 Å². The van der Waals surface area contributed by atoms with Crippen LogP contribution in [0.2, 0.25) is 16.6 Å². The van der Waals surface area contributed by atoms with E-state index >= 15 is 0 Å². The molecule has 134 valence electrons. The number of rotatable bonds is 5. The third-order valence-corrected chi connectivity index (χ3v) is 11.2. The number of carbonyl (C=O) groups is 1. The van der Waals surface area contributed by atoms with Crippen molar-refractivity contribution in [1.82, 2.24) is 0 Å². The molecule has 24 heavy (non-hydrogen) atoms. The summed E-state index contributed by atoms with van der Waals surface area (Å²) in [5.41, 5.74) is 1.74. The number of ether oxygens (including phenoxy) is 1. The lowest BCUT2D eigenvalue weighted by atomic mass is 9.93. The maximum atomic E-state index is 12.3. The zero-order valence-corrected chi connectivity index (χ0v) is 17.4. The Morgan fingerprint density at radius 1 is 1.04 bits per heavy atom. The summed E-state index contributed by atoms with van der Waals surface area (Å²) in [6.45, 7) is 17.5. The van der Waals surface area contributed by atoms with E-state index in [1.807, 2.05) is 32.0 Å². The van der Waals surface area contributed by atoms with E-state index in [0.717, 1.165) is 5.75 Å². The fraction of sp³-hybridized carbons (Fsp3) is 0.650. The Morgan fingerprint density at radius 3 is 2.08 bits per heavy atom. The number of hydrogen-bond acceptors (Lipinski definition) is 3. The summed E-state index contributed by atoms with van der Waals surface area (Å²) in [5, 5.41) is 0. The molecule has 1 aliphatic rings. The highest BCUT2D eigenvalue weighted by Crippen LogP contribution is 2.44. The molecule has 3 nitrogen and oxygen atoms in total. The first-order valence-electron chi connectivity index (χ1n) is 9.05. The summed E-state index contributed by atoms with van der Waals surface area (Å²) >= 11 is 0. The highest BCUT2D eigenvalue weighted by atomic mass is 28.4. The first-order valence-corrected chi connectivity index (χ1v) is 11.2. The lowest BCUT2D eigenvalue weighted by Gasteiger charge is -2.42. The molecule has 0 amide bonds. The number of fused-ring (bicyclic) bond motifs is 1. The van der Waals surface area contributed by atoms with Crippen molar-refractivity contribution in [2.24, 2.45) is 0 Å². The Hall–Kier alpha value is -1.29. The van der Waals surface area contributed by atoms with E-state index in [-0.39, 0.29) is 5.78 Å². The number of benzene rings is 1. The molecule has 4 heteroatoms. The Labute approximate surface area is 147 Å². The fourth-order valence-corrected chi connectivity index (χ4v) is 9.50. The molecular formula is C20H32O3Si. The number of Topliss-reactive ketones (excluding diaryl/α,β-unsaturated/α-hetero) is 1. The first-order chi connectivity index (χ1) is 11.0. The van der Waals surface area contributed by atoms with Gasteiger partial charge in [-0.15, -0.1) is 0 Å². The minimum atomic E-state index is -2.01. The summed E-state index contributed by atoms with van der Waals surface area (Å²) in [7, 11) is -2.01. The Morgan fingerprint density at radius 2 is 1.58 bits per heavy atom. The van der Waals surface area contributed by atoms with Gasteiger partial charge in [-0.05, 0) is 42.6 Å². The Bertz CT molecular complexity index is 596. The molecule has 2 rings (SSSR count). The van der Waals surface area contributed by atoms with Crippen molar-refractivity contribution in [3.8, 4) is 11.5 Å². The van der Waals surface area contributed by atoms with Gasteiger partial charge in [0.2, 0.25) is 0 Å². The van der Waals surface area contributed by atoms with Crippen LogP contribution in [0, 0.1) is 0 Å². The van der Waals surface area contributed by atoms with Gasteiger partial charge in [0.15, 0.2) is 5.78 Å². The van der Waals surface area contributed by atoms with Gasteiger partial charge in [0, 0.05) is 6.07 Å². The molecule has 0 N–H and O–H groups in total. The maximum absolute atomic E-state index is 12.3. The van der Waals surface area contributed by atoms with E-state index in [1.54, 1.807) is 0 Å². The average molecular weight is 349 g/mol. The van der Waals surface area contributed by atoms with Gasteiger partial charge in [-0.2, -0.15) is 0 Å². The smallest absolute Gasteiger partial charge is 0.258 e. The van der Waals surface area contributed by atoms with Gasteiger partial charge in [-0.25, -0.2) is 0 Å². The molecule has 0 aliphatic carbocycles. The molecule has 0 bridgehead atoms. The van der Waals surface area contributed by atoms with Gasteiger partial charge in [0.25, 0.3) is 8.32 Å². The summed E-state index contributed by atoms with van der Waals surface area (Å²) < 4.78 is 12.7. The van der Waals surface area contributed by atoms with Crippen molar-refractivity contribution >= 4 is 14.1 Å². The normalized spacial score (nSPS) is 17.2. The van der Waals surface area contributed by atoms with Crippen molar-refractivity contribution in [3.05, 3.63) is 23.8 Å². The maximum Gasteiger partial charge on any atom is 0.258 e. The van der Waals surface area contributed by atoms with Gasteiger partial charge < -0.3 is 9.16 Å². The van der Waals surface area contributed by atoms with Crippen molar-refractivity contribution in [2.45, 2.75) is 84.0 Å². The minimum absolute atomic E-state index is 0.146. The highest BCUT2D eigenvalue weighted by Gasteiger charge is 2.47. The Kier molecular flexibility index (Phi) is 5.19. The third kappa shape index (κ3) is 3.39. The minimum Gasteiger partial charge on any atom is -0.543 e. The van der Waals surface area contributed by atoms with Crippen LogP contribution in [-0.4, -0.2) is 19.7 Å². The third-order valence-electron chi connectivity index (χ3n) is 5.23. The molecule has 1 heterocycles. The van der Waals surface area contributed by atoms with E-state index < -0.39 is 13.9 Å². The van der Waals surface area contributed by atoms with E-state index in [0.29, 0.717) is 34.4 Å². The monoisotopic (exact) mass is 348 g/mol. The summed E-state index contributed by atoms with van der Waals surface area (Å²) in [6.07, 6.45) is 0.420. The van der Waals surface area contributed by atoms with Gasteiger partial charge in [0.05, 0.1) is 12.0 Å². The van der Waals surface area contributed by atoms with E-state index in [1.165, 1.54) is 0 Å². The van der Waals surface area contributed by atoms with Crippen LogP contribution in [-0.2, 0) is 0 Å². The van der Waals surface area contributed by atoms with Crippen molar-refractivity contribution in [1.29, 1.82) is 0 Å². The highest BCUT2D eigenvalue weighted by molar-refractivity contribution is 6.78. The molecule has 0 radical (unpaired) electrons. The van der Waals surface area contributed by atoms with Crippen molar-refractivity contribution in [3.63, 3.8) is 0 Å². The standard InChI is InChI=1S/C20H32O3Si/c1-13(2)24(14(3)4,15(5)6)23-16-9-10-17-18(21)12-20(7,8)22-19(17)11-16/h9-11,13-15H,12H2,1-8H3. The SMILES string of the molecule is CC(C)[Si](Oc1ccc2c(c1)OC(C)(C)CC2=O)(C(C)C)C(C)C. The first kappa shape index (κ1) is 19.0. The average Bonchev–Trinajstić information content (AvgIpc) is 2.41. The van der Waals surface area contributed by atoms with Crippen LogP contribution in [0.5, 0.6) is 11.5 Å². The van der Waals surface area contributed by atoms with E-state index in [2.05, 4.69) is 41.5 Å². The molecule has 0 spiro atoms. The second-order valence-electron chi connectivity index (χ2n) is 8.54. The zero-order valence-electron chi connectivity index (χ0n) is 16.4. The second kappa shape index (κ2) is 6.55. The number of hydrogen-bond donors (Lipinski definition) is 0. The molecule has 0 fully saturated rings. The molecular weight excluding hydrogens is 316 g/mol. The summed E-state index contributed by atoms with van der Waals surface area (Å²) in [4.78, 5) is 12.3. The Balaban J connectivity index is 2.42. The predicted octanol–water partition coefficient (Wildman–Crippen LogP) is 5.98. The summed E-state index contributed by atoms with van der Waals surface area (Å²) in [6, 6.07) is 5.72. The van der Waals surface area contributed by atoms with Crippen LogP contribution in [0.3, 0.4) is 0 Å². The lowest BCUT2D eigenvalue weighted by molar-refractivity contribution is 0.0619. The molecule has 0 saturated carbocycles.